The van der Waals surface area contributed by atoms with E-state index in [0.717, 1.165) is 35.9 Å². The molecule has 0 fully saturated rings. The molecule has 0 saturated carbocycles. The van der Waals surface area contributed by atoms with Crippen LogP contribution in [0.5, 0.6) is 0 Å². The Balaban J connectivity index is 1.73. The summed E-state index contributed by atoms with van der Waals surface area (Å²) in [5, 5.41) is 6.90. The van der Waals surface area contributed by atoms with Gasteiger partial charge in [-0.15, -0.1) is 0 Å². The molecule has 2 heterocycles. The van der Waals surface area contributed by atoms with Gasteiger partial charge in [0, 0.05) is 19.2 Å². The minimum atomic E-state index is -2.01. The zero-order valence-electron chi connectivity index (χ0n) is 20.5. The van der Waals surface area contributed by atoms with Gasteiger partial charge in [0.05, 0.1) is 19.0 Å². The Hall–Kier alpha value is -2.49. The van der Waals surface area contributed by atoms with Crippen LogP contribution in [-0.2, 0) is 11.3 Å². The smallest absolute Gasteiger partial charge is 0.227 e. The van der Waals surface area contributed by atoms with Crippen molar-refractivity contribution >= 4 is 31.2 Å². The van der Waals surface area contributed by atoms with Gasteiger partial charge in [0.1, 0.15) is 0 Å². The maximum Gasteiger partial charge on any atom is 0.227 e. The van der Waals surface area contributed by atoms with Crippen LogP contribution in [0.25, 0.3) is 11.2 Å². The predicted octanol–water partition coefficient (Wildman–Crippen LogP) is 4.81. The Labute approximate surface area is 198 Å². The number of anilines is 2. The summed E-state index contributed by atoms with van der Waals surface area (Å²) in [5.74, 6) is 1.29. The maximum atomic E-state index is 9.98. The molecule has 8 nitrogen and oxygen atoms in total. The van der Waals surface area contributed by atoms with E-state index in [1.807, 2.05) is 37.6 Å². The molecule has 3 aromatic rings. The van der Waals surface area contributed by atoms with Gasteiger partial charge >= 0.3 is 0 Å². The number of benzene rings is 1. The molecule has 0 saturated heterocycles. The van der Waals surface area contributed by atoms with Crippen molar-refractivity contribution in [1.29, 1.82) is 0 Å². The van der Waals surface area contributed by atoms with E-state index in [1.165, 1.54) is 5.56 Å². The van der Waals surface area contributed by atoms with Crippen molar-refractivity contribution in [1.82, 2.24) is 19.5 Å². The summed E-state index contributed by atoms with van der Waals surface area (Å²) in [6, 6.07) is 11.4. The molecule has 9 heteroatoms. The first-order valence-corrected chi connectivity index (χ1v) is 15.0. The van der Waals surface area contributed by atoms with E-state index in [0.29, 0.717) is 25.7 Å². The van der Waals surface area contributed by atoms with Crippen molar-refractivity contribution in [2.24, 2.45) is 0 Å². The van der Waals surface area contributed by atoms with Gasteiger partial charge in [-0.3, -0.25) is 0 Å². The van der Waals surface area contributed by atoms with Gasteiger partial charge in [-0.2, -0.15) is 9.97 Å². The number of nitrogens with zero attached hydrogens (tertiary/aromatic N) is 4. The van der Waals surface area contributed by atoms with Crippen LogP contribution in [-0.4, -0.2) is 51.9 Å². The second-order valence-corrected chi connectivity index (χ2v) is 13.5. The Morgan fingerprint density at radius 3 is 2.58 bits per heavy atom. The van der Waals surface area contributed by atoms with Gasteiger partial charge in [-0.05, 0) is 51.4 Å². The van der Waals surface area contributed by atoms with Crippen molar-refractivity contribution < 1.29 is 9.53 Å². The molecule has 1 aromatic carbocycles. The highest BCUT2D eigenvalue weighted by molar-refractivity contribution is 6.69. The molecule has 1 atom stereocenters. The van der Waals surface area contributed by atoms with Gasteiger partial charge in [0.15, 0.2) is 25.3 Å². The molecule has 0 aliphatic rings. The molecule has 0 radical (unpaired) electrons. The molecule has 3 rings (SSSR count). The zero-order chi connectivity index (χ0) is 23.8. The zero-order valence-corrected chi connectivity index (χ0v) is 21.5. The first-order chi connectivity index (χ1) is 15.8. The third-order valence-corrected chi connectivity index (χ3v) is 7.08. The van der Waals surface area contributed by atoms with Crippen molar-refractivity contribution in [2.75, 3.05) is 23.8 Å². The molecule has 0 bridgehead atoms. The molecule has 0 spiro atoms. The summed E-state index contributed by atoms with van der Waals surface area (Å²) in [6.07, 6.45) is 3.60. The van der Waals surface area contributed by atoms with Crippen LogP contribution in [0.3, 0.4) is 0 Å². The molecule has 33 heavy (non-hydrogen) atoms. The molecule has 0 amide bonds. The lowest BCUT2D eigenvalue weighted by molar-refractivity contribution is 0.124. The highest BCUT2D eigenvalue weighted by Gasteiger charge is 2.18. The fraction of sp³-hybridized carbons (Fsp3) is 0.542. The SMILES string of the molecule is CC[C@H](COCCC[Si](C)(C)O)Nc1nc(NCc2ccccc2)c2ncn(C(C)C)c2n1. The summed E-state index contributed by atoms with van der Waals surface area (Å²) in [4.78, 5) is 24.1. The summed E-state index contributed by atoms with van der Waals surface area (Å²) >= 11 is 0. The fourth-order valence-electron chi connectivity index (χ4n) is 3.54. The van der Waals surface area contributed by atoms with E-state index >= 15 is 0 Å². The summed E-state index contributed by atoms with van der Waals surface area (Å²) < 4.78 is 7.95. The number of fused-ring (bicyclic) bond motifs is 1. The normalized spacial score (nSPS) is 12.9. The number of hydrogen-bond acceptors (Lipinski definition) is 7. The van der Waals surface area contributed by atoms with Crippen molar-refractivity contribution in [3.8, 4) is 0 Å². The molecule has 180 valence electrons. The fourth-order valence-corrected chi connectivity index (χ4v) is 4.55. The quantitative estimate of drug-likeness (QED) is 0.243. The van der Waals surface area contributed by atoms with Crippen LogP contribution in [0.15, 0.2) is 36.7 Å². The first kappa shape index (κ1) is 25.1. The Bertz CT molecular complexity index is 1000. The van der Waals surface area contributed by atoms with Crippen molar-refractivity contribution in [3.63, 3.8) is 0 Å². The lowest BCUT2D eigenvalue weighted by atomic mass is 10.2. The number of rotatable bonds is 13. The second-order valence-electron chi connectivity index (χ2n) is 9.39. The van der Waals surface area contributed by atoms with Crippen LogP contribution in [0, 0.1) is 0 Å². The van der Waals surface area contributed by atoms with Gasteiger partial charge < -0.3 is 24.7 Å². The van der Waals surface area contributed by atoms with E-state index in [1.54, 1.807) is 0 Å². The number of hydrogen-bond donors (Lipinski definition) is 3. The van der Waals surface area contributed by atoms with Crippen LogP contribution in [0.1, 0.15) is 45.2 Å². The highest BCUT2D eigenvalue weighted by Crippen LogP contribution is 2.24. The number of imidazole rings is 1. The van der Waals surface area contributed by atoms with Gasteiger partial charge in [-0.25, -0.2) is 4.98 Å². The average Bonchev–Trinajstić information content (AvgIpc) is 3.21. The molecular weight excluding hydrogens is 432 g/mol. The summed E-state index contributed by atoms with van der Waals surface area (Å²) in [5.41, 5.74) is 2.75. The third-order valence-electron chi connectivity index (χ3n) is 5.50. The van der Waals surface area contributed by atoms with Crippen molar-refractivity contribution in [2.45, 2.75) is 71.4 Å². The van der Waals surface area contributed by atoms with Gasteiger partial charge in [-0.1, -0.05) is 37.3 Å². The Kier molecular flexibility index (Phi) is 8.82. The lowest BCUT2D eigenvalue weighted by Crippen LogP contribution is -2.27. The highest BCUT2D eigenvalue weighted by atomic mass is 28.4. The standard InChI is InChI=1S/C24H38N6O2Si/c1-6-20(16-32-13-10-14-33(4,5)31)27-24-28-22(25-15-19-11-8-7-9-12-19)21-23(29-24)30(17-26-21)18(2)3/h7-9,11-12,17-18,20,31H,6,10,13-16H2,1-5H3,(H2,25,27,28,29)/t20-/m1/s1. The van der Waals surface area contributed by atoms with E-state index in [-0.39, 0.29) is 12.1 Å². The second kappa shape index (κ2) is 11.6. The van der Waals surface area contributed by atoms with Gasteiger partial charge in [0.25, 0.3) is 0 Å². The first-order valence-electron chi connectivity index (χ1n) is 11.9. The number of nitrogens with one attached hydrogen (secondary N) is 2. The average molecular weight is 471 g/mol. The predicted molar refractivity (Wildman–Crippen MR) is 137 cm³/mol. The minimum absolute atomic E-state index is 0.0965. The molecule has 0 unspecified atom stereocenters. The molecule has 0 aliphatic heterocycles. The number of ether oxygens (including phenoxy) is 1. The molecule has 0 aliphatic carbocycles. The molecular formula is C24H38N6O2Si. The minimum Gasteiger partial charge on any atom is -0.432 e. The molecule has 2 aromatic heterocycles. The maximum absolute atomic E-state index is 9.98. The Morgan fingerprint density at radius 2 is 1.91 bits per heavy atom. The van der Waals surface area contributed by atoms with Gasteiger partial charge in [0.2, 0.25) is 5.95 Å². The molecule has 3 N–H and O–H groups in total. The lowest BCUT2D eigenvalue weighted by Gasteiger charge is -2.19. The summed E-state index contributed by atoms with van der Waals surface area (Å²) in [7, 11) is -2.01. The topological polar surface area (TPSA) is 97.1 Å². The Morgan fingerprint density at radius 1 is 1.15 bits per heavy atom. The van der Waals surface area contributed by atoms with Crippen LogP contribution in [0.4, 0.5) is 11.8 Å². The summed E-state index contributed by atoms with van der Waals surface area (Å²) in [6.45, 7) is 12.2. The third kappa shape index (κ3) is 7.51. The van der Waals surface area contributed by atoms with Crippen LogP contribution >= 0.6 is 0 Å². The van der Waals surface area contributed by atoms with Crippen molar-refractivity contribution in [3.05, 3.63) is 42.2 Å². The van der Waals surface area contributed by atoms with Crippen LogP contribution < -0.4 is 10.6 Å². The van der Waals surface area contributed by atoms with E-state index in [4.69, 9.17) is 14.7 Å². The monoisotopic (exact) mass is 470 g/mol. The van der Waals surface area contributed by atoms with E-state index < -0.39 is 8.32 Å². The van der Waals surface area contributed by atoms with Crippen LogP contribution in [0.2, 0.25) is 19.1 Å². The number of aromatic nitrogens is 4. The largest absolute Gasteiger partial charge is 0.432 e. The van der Waals surface area contributed by atoms with E-state index in [9.17, 15) is 4.80 Å². The van der Waals surface area contributed by atoms with E-state index in [2.05, 4.69) is 53.1 Å².